The van der Waals surface area contributed by atoms with Crippen LogP contribution in [-0.4, -0.2) is 5.11 Å². The molecule has 1 nitrogen and oxygen atoms in total. The molecule has 2 aromatic rings. The number of aryl methyl sites for hydroxylation is 2. The van der Waals surface area contributed by atoms with Crippen molar-refractivity contribution in [2.75, 3.05) is 0 Å². The van der Waals surface area contributed by atoms with Crippen molar-refractivity contribution in [3.05, 3.63) is 65.2 Å². The quantitative estimate of drug-likeness (QED) is 0.859. The van der Waals surface area contributed by atoms with Gasteiger partial charge in [0, 0.05) is 0 Å². The normalized spacial score (nSPS) is 17.7. The molecule has 3 rings (SSSR count). The highest BCUT2D eigenvalue weighted by Crippen LogP contribution is 2.35. The summed E-state index contributed by atoms with van der Waals surface area (Å²) in [6, 6.07) is 17.1. The predicted octanol–water partition coefficient (Wildman–Crippen LogP) is 3.85. The summed E-state index contributed by atoms with van der Waals surface area (Å²) in [4.78, 5) is 0. The molecule has 0 aromatic heterocycles. The van der Waals surface area contributed by atoms with Crippen LogP contribution in [0.3, 0.4) is 0 Å². The zero-order valence-corrected chi connectivity index (χ0v) is 10.4. The molecule has 1 N–H and O–H groups in total. The highest BCUT2D eigenvalue weighted by Gasteiger charge is 2.21. The van der Waals surface area contributed by atoms with E-state index in [9.17, 15) is 5.11 Å². The zero-order valence-electron chi connectivity index (χ0n) is 10.4. The minimum absolute atomic E-state index is 0.348. The molecule has 91 valence electrons. The van der Waals surface area contributed by atoms with Crippen molar-refractivity contribution in [2.45, 2.75) is 31.6 Å². The van der Waals surface area contributed by atoms with Crippen LogP contribution < -0.4 is 0 Å². The van der Waals surface area contributed by atoms with Crippen LogP contribution in [0.4, 0.5) is 0 Å². The van der Waals surface area contributed by atoms with E-state index in [1.807, 2.05) is 18.2 Å². The van der Waals surface area contributed by atoms with Gasteiger partial charge in [0.25, 0.3) is 0 Å². The maximum absolute atomic E-state index is 9.26. The van der Waals surface area contributed by atoms with E-state index in [0.29, 0.717) is 11.7 Å². The van der Waals surface area contributed by atoms with Gasteiger partial charge in [0.05, 0.1) is 0 Å². The molecule has 0 spiro atoms. The van der Waals surface area contributed by atoms with Crippen LogP contribution in [-0.2, 0) is 12.8 Å². The van der Waals surface area contributed by atoms with Gasteiger partial charge in [-0.2, -0.15) is 0 Å². The summed E-state index contributed by atoms with van der Waals surface area (Å²) in [7, 11) is 0. The van der Waals surface area contributed by atoms with E-state index in [1.54, 1.807) is 12.1 Å². The molecule has 1 atom stereocenters. The highest BCUT2D eigenvalue weighted by atomic mass is 16.3. The van der Waals surface area contributed by atoms with E-state index >= 15 is 0 Å². The smallest absolute Gasteiger partial charge is 0.115 e. The first kappa shape index (κ1) is 11.3. The van der Waals surface area contributed by atoms with Crippen LogP contribution in [0.1, 0.15) is 35.4 Å². The van der Waals surface area contributed by atoms with E-state index in [4.69, 9.17) is 0 Å². The molecule has 1 heteroatoms. The van der Waals surface area contributed by atoms with E-state index in [1.165, 1.54) is 36.0 Å². The maximum atomic E-state index is 9.26. The molecule has 1 unspecified atom stereocenters. The average molecular weight is 237 g/mol. The first-order valence-corrected chi connectivity index (χ1v) is 6.60. The van der Waals surface area contributed by atoms with Gasteiger partial charge in [0.2, 0.25) is 0 Å². The van der Waals surface area contributed by atoms with Crippen LogP contribution in [0.25, 0.3) is 0 Å². The summed E-state index contributed by atoms with van der Waals surface area (Å²) in [5, 5.41) is 9.26. The number of phenolic OH excluding ortho intramolecular Hbond substituents is 1. The second-order valence-corrected chi connectivity index (χ2v) is 5.07. The van der Waals surface area contributed by atoms with Gasteiger partial charge in [-0.25, -0.2) is 0 Å². The highest BCUT2D eigenvalue weighted by molar-refractivity contribution is 5.34. The molecule has 1 radical (unpaired) electrons. The molecule has 0 heterocycles. The second kappa shape index (κ2) is 4.85. The Morgan fingerprint density at radius 3 is 2.83 bits per heavy atom. The molecule has 0 saturated heterocycles. The van der Waals surface area contributed by atoms with Crippen molar-refractivity contribution >= 4 is 0 Å². The van der Waals surface area contributed by atoms with E-state index in [0.717, 1.165) is 6.42 Å². The third kappa shape index (κ3) is 2.26. The monoisotopic (exact) mass is 237 g/mol. The van der Waals surface area contributed by atoms with Gasteiger partial charge in [-0.3, -0.25) is 0 Å². The molecular formula is C17H17O. The van der Waals surface area contributed by atoms with Crippen LogP contribution in [0, 0.1) is 6.07 Å². The molecule has 0 amide bonds. The van der Waals surface area contributed by atoms with Crippen molar-refractivity contribution in [1.29, 1.82) is 0 Å². The Morgan fingerprint density at radius 1 is 1.17 bits per heavy atom. The van der Waals surface area contributed by atoms with Gasteiger partial charge in [-0.1, -0.05) is 30.3 Å². The average Bonchev–Trinajstić information content (AvgIpc) is 2.82. The lowest BCUT2D eigenvalue weighted by Gasteiger charge is -2.11. The van der Waals surface area contributed by atoms with Gasteiger partial charge in [-0.05, 0) is 66.5 Å². The summed E-state index contributed by atoms with van der Waals surface area (Å²) >= 11 is 0. The third-order valence-corrected chi connectivity index (χ3v) is 3.91. The SMILES string of the molecule is Oc1ccc(CCC2CCc3c[c]ccc32)cc1. The Hall–Kier alpha value is -1.76. The predicted molar refractivity (Wildman–Crippen MR) is 72.8 cm³/mol. The Bertz CT molecular complexity index is 528. The number of hydrogen-bond acceptors (Lipinski definition) is 1. The summed E-state index contributed by atoms with van der Waals surface area (Å²) in [6.45, 7) is 0. The van der Waals surface area contributed by atoms with Crippen molar-refractivity contribution in [3.8, 4) is 5.75 Å². The zero-order chi connectivity index (χ0) is 12.4. The van der Waals surface area contributed by atoms with Crippen LogP contribution in [0.15, 0.2) is 42.5 Å². The van der Waals surface area contributed by atoms with Crippen molar-refractivity contribution in [1.82, 2.24) is 0 Å². The fraction of sp³-hybridized carbons (Fsp3) is 0.294. The topological polar surface area (TPSA) is 20.2 Å². The van der Waals surface area contributed by atoms with Gasteiger partial charge < -0.3 is 5.11 Å². The molecule has 1 aliphatic carbocycles. The minimum atomic E-state index is 0.348. The standard InChI is InChI=1S/C17H17O/c18-16-11-6-13(7-12-16)5-8-15-10-9-14-3-1-2-4-17(14)15/h2-4,6-7,11-12,15,18H,5,8-10H2. The number of hydrogen-bond donors (Lipinski definition) is 1. The van der Waals surface area contributed by atoms with Gasteiger partial charge in [0.15, 0.2) is 0 Å². The number of benzene rings is 2. The number of aromatic hydroxyl groups is 1. The minimum Gasteiger partial charge on any atom is -0.508 e. The fourth-order valence-electron chi connectivity index (χ4n) is 2.88. The van der Waals surface area contributed by atoms with Crippen molar-refractivity contribution in [3.63, 3.8) is 0 Å². The summed E-state index contributed by atoms with van der Waals surface area (Å²) in [5.74, 6) is 1.05. The number of fused-ring (bicyclic) bond motifs is 1. The molecule has 2 aromatic carbocycles. The van der Waals surface area contributed by atoms with Crippen LogP contribution in [0.5, 0.6) is 5.75 Å². The summed E-state index contributed by atoms with van der Waals surface area (Å²) in [5.41, 5.74) is 4.31. The third-order valence-electron chi connectivity index (χ3n) is 3.91. The number of phenols is 1. The first-order chi connectivity index (χ1) is 8.83. The molecule has 18 heavy (non-hydrogen) atoms. The second-order valence-electron chi connectivity index (χ2n) is 5.07. The van der Waals surface area contributed by atoms with Crippen LogP contribution >= 0.6 is 0 Å². The van der Waals surface area contributed by atoms with E-state index in [-0.39, 0.29) is 0 Å². The molecule has 0 aliphatic heterocycles. The van der Waals surface area contributed by atoms with E-state index < -0.39 is 0 Å². The summed E-state index contributed by atoms with van der Waals surface area (Å²) in [6.07, 6.45) is 4.75. The Kier molecular flexibility index (Phi) is 3.06. The van der Waals surface area contributed by atoms with E-state index in [2.05, 4.69) is 18.2 Å². The van der Waals surface area contributed by atoms with Gasteiger partial charge in [-0.15, -0.1) is 0 Å². The van der Waals surface area contributed by atoms with Gasteiger partial charge in [0.1, 0.15) is 5.75 Å². The lowest BCUT2D eigenvalue weighted by molar-refractivity contribution is 0.475. The lowest BCUT2D eigenvalue weighted by atomic mass is 9.94. The largest absolute Gasteiger partial charge is 0.508 e. The summed E-state index contributed by atoms with van der Waals surface area (Å²) < 4.78 is 0. The molecule has 0 bridgehead atoms. The molecule has 0 fully saturated rings. The fourth-order valence-corrected chi connectivity index (χ4v) is 2.88. The van der Waals surface area contributed by atoms with Gasteiger partial charge >= 0.3 is 0 Å². The Labute approximate surface area is 108 Å². The molecule has 0 saturated carbocycles. The molecular weight excluding hydrogens is 220 g/mol. The van der Waals surface area contributed by atoms with Crippen molar-refractivity contribution in [2.24, 2.45) is 0 Å². The maximum Gasteiger partial charge on any atom is 0.115 e. The Balaban J connectivity index is 1.67. The lowest BCUT2D eigenvalue weighted by Crippen LogP contribution is -1.96. The van der Waals surface area contributed by atoms with Crippen molar-refractivity contribution < 1.29 is 5.11 Å². The number of rotatable bonds is 3. The van der Waals surface area contributed by atoms with Crippen LogP contribution in [0.2, 0.25) is 0 Å². The first-order valence-electron chi connectivity index (χ1n) is 6.60. The Morgan fingerprint density at radius 2 is 2.00 bits per heavy atom. The molecule has 1 aliphatic rings.